The van der Waals surface area contributed by atoms with Crippen LogP contribution >= 0.6 is 11.3 Å². The lowest BCUT2D eigenvalue weighted by atomic mass is 9.91. The van der Waals surface area contributed by atoms with Crippen LogP contribution in [0.5, 0.6) is 0 Å². The van der Waals surface area contributed by atoms with E-state index in [1.54, 1.807) is 11.3 Å². The minimum atomic E-state index is -0.734. The largest absolute Gasteiger partial charge is 0.481 e. The number of fused-ring (bicyclic) bond motifs is 1. The van der Waals surface area contributed by atoms with E-state index in [4.69, 9.17) is 0 Å². The highest BCUT2D eigenvalue weighted by Gasteiger charge is 2.30. The summed E-state index contributed by atoms with van der Waals surface area (Å²) in [5.74, 6) is -1.13. The maximum Gasteiger partial charge on any atom is 0.312 e. The molecular weight excluding hydrogens is 260 g/mol. The van der Waals surface area contributed by atoms with Gasteiger partial charge in [-0.3, -0.25) is 4.79 Å². The van der Waals surface area contributed by atoms with Gasteiger partial charge in [-0.2, -0.15) is 0 Å². The summed E-state index contributed by atoms with van der Waals surface area (Å²) in [4.78, 5) is 19.3. The summed E-state index contributed by atoms with van der Waals surface area (Å²) in [5, 5.41) is 10.2. The molecule has 0 aliphatic heterocycles. The highest BCUT2D eigenvalue weighted by atomic mass is 32.1. The molecule has 0 bridgehead atoms. The van der Waals surface area contributed by atoms with E-state index < -0.39 is 11.9 Å². The number of aryl methyl sites for hydroxylation is 1. The van der Waals surface area contributed by atoms with Gasteiger partial charge in [-0.15, -0.1) is 11.3 Å². The van der Waals surface area contributed by atoms with Gasteiger partial charge in [-0.25, -0.2) is 4.98 Å². The Labute approximate surface area is 118 Å². The van der Waals surface area contributed by atoms with E-state index in [1.165, 1.54) is 4.88 Å². The van der Waals surface area contributed by atoms with Gasteiger partial charge in [0.15, 0.2) is 5.13 Å². The van der Waals surface area contributed by atoms with Crippen LogP contribution in [0.3, 0.4) is 0 Å². The third-order valence-electron chi connectivity index (χ3n) is 3.91. The summed E-state index contributed by atoms with van der Waals surface area (Å²) >= 11 is 1.67. The average Bonchev–Trinajstić information content (AvgIpc) is 2.81. The molecule has 0 radical (unpaired) electrons. The molecule has 1 aromatic rings. The molecule has 0 saturated heterocycles. The first kappa shape index (κ1) is 14.3. The number of carboxylic acids is 1. The number of anilines is 1. The lowest BCUT2D eigenvalue weighted by molar-refractivity contribution is -0.139. The molecule has 0 amide bonds. The Balaban J connectivity index is 2.23. The van der Waals surface area contributed by atoms with Gasteiger partial charge in [-0.05, 0) is 32.6 Å². The summed E-state index contributed by atoms with van der Waals surface area (Å²) in [6.07, 6.45) is 4.93. The fraction of sp³-hybridized carbons (Fsp3) is 0.714. The SMILES string of the molecule is CCCC(C)N(C)c1nc2c(s1)CCCC2C(=O)O. The van der Waals surface area contributed by atoms with Crippen molar-refractivity contribution in [3.63, 3.8) is 0 Å². The predicted octanol–water partition coefficient (Wildman–Crippen LogP) is 3.27. The topological polar surface area (TPSA) is 53.4 Å². The minimum Gasteiger partial charge on any atom is -0.481 e. The van der Waals surface area contributed by atoms with Crippen LogP contribution in [0.4, 0.5) is 5.13 Å². The molecule has 0 aromatic carbocycles. The molecule has 0 fully saturated rings. The van der Waals surface area contributed by atoms with Gasteiger partial charge in [0.1, 0.15) is 5.92 Å². The van der Waals surface area contributed by atoms with Crippen LogP contribution in [-0.2, 0) is 11.2 Å². The van der Waals surface area contributed by atoms with Crippen LogP contribution in [0.15, 0.2) is 0 Å². The maximum atomic E-state index is 11.3. The van der Waals surface area contributed by atoms with E-state index in [1.807, 2.05) is 0 Å². The summed E-state index contributed by atoms with van der Waals surface area (Å²) < 4.78 is 0. The second-order valence-corrected chi connectivity index (χ2v) is 6.40. The molecule has 0 saturated carbocycles. The highest BCUT2D eigenvalue weighted by Crippen LogP contribution is 2.38. The second-order valence-electron chi connectivity index (χ2n) is 5.34. The molecule has 2 atom stereocenters. The van der Waals surface area contributed by atoms with Gasteiger partial charge in [0, 0.05) is 18.0 Å². The molecule has 1 aromatic heterocycles. The lowest BCUT2D eigenvalue weighted by Gasteiger charge is -2.23. The molecule has 2 unspecified atom stereocenters. The van der Waals surface area contributed by atoms with Crippen LogP contribution in [0.2, 0.25) is 0 Å². The Morgan fingerprint density at radius 1 is 1.63 bits per heavy atom. The fourth-order valence-electron chi connectivity index (χ4n) is 2.60. The quantitative estimate of drug-likeness (QED) is 0.900. The Bertz CT molecular complexity index is 458. The monoisotopic (exact) mass is 282 g/mol. The van der Waals surface area contributed by atoms with Gasteiger partial charge < -0.3 is 10.0 Å². The average molecular weight is 282 g/mol. The molecule has 1 aliphatic carbocycles. The molecule has 1 N–H and O–H groups in total. The first-order valence-corrected chi connectivity index (χ1v) is 7.81. The lowest BCUT2D eigenvalue weighted by Crippen LogP contribution is -2.28. The zero-order valence-electron chi connectivity index (χ0n) is 11.8. The number of thiazole rings is 1. The number of aliphatic carboxylic acids is 1. The summed E-state index contributed by atoms with van der Waals surface area (Å²) in [6, 6.07) is 0.445. The first-order chi connectivity index (χ1) is 9.04. The zero-order chi connectivity index (χ0) is 14.0. The molecule has 0 spiro atoms. The maximum absolute atomic E-state index is 11.3. The van der Waals surface area contributed by atoms with E-state index in [0.29, 0.717) is 6.04 Å². The van der Waals surface area contributed by atoms with E-state index >= 15 is 0 Å². The van der Waals surface area contributed by atoms with Crippen LogP contribution in [0, 0.1) is 0 Å². The smallest absolute Gasteiger partial charge is 0.312 e. The number of carbonyl (C=O) groups is 1. The normalized spacial score (nSPS) is 19.8. The highest BCUT2D eigenvalue weighted by molar-refractivity contribution is 7.15. The van der Waals surface area contributed by atoms with Gasteiger partial charge in [0.2, 0.25) is 0 Å². The molecule has 1 aliphatic rings. The van der Waals surface area contributed by atoms with Crippen LogP contribution in [-0.4, -0.2) is 29.1 Å². The number of carboxylic acid groups (broad SMARTS) is 1. The van der Waals surface area contributed by atoms with Crippen LogP contribution in [0.1, 0.15) is 56.0 Å². The third-order valence-corrected chi connectivity index (χ3v) is 5.13. The van der Waals surface area contributed by atoms with E-state index in [-0.39, 0.29) is 0 Å². The fourth-order valence-corrected chi connectivity index (χ4v) is 3.82. The summed E-state index contributed by atoms with van der Waals surface area (Å²) in [7, 11) is 2.06. The van der Waals surface area contributed by atoms with Crippen molar-refractivity contribution < 1.29 is 9.90 Å². The van der Waals surface area contributed by atoms with Gasteiger partial charge in [0.25, 0.3) is 0 Å². The number of nitrogens with zero attached hydrogens (tertiary/aromatic N) is 2. The van der Waals surface area contributed by atoms with Gasteiger partial charge in [0.05, 0.1) is 5.69 Å². The van der Waals surface area contributed by atoms with Crippen LogP contribution < -0.4 is 4.90 Å². The van der Waals surface area contributed by atoms with Crippen molar-refractivity contribution in [2.24, 2.45) is 0 Å². The summed E-state index contributed by atoms with van der Waals surface area (Å²) in [5.41, 5.74) is 0.814. The molecule has 19 heavy (non-hydrogen) atoms. The Morgan fingerprint density at radius 3 is 3.00 bits per heavy atom. The van der Waals surface area contributed by atoms with E-state index in [2.05, 4.69) is 30.8 Å². The second kappa shape index (κ2) is 5.90. The van der Waals surface area contributed by atoms with E-state index in [0.717, 1.165) is 42.9 Å². The van der Waals surface area contributed by atoms with Crippen molar-refractivity contribution in [2.75, 3.05) is 11.9 Å². The Kier molecular flexibility index (Phi) is 4.45. The van der Waals surface area contributed by atoms with Crippen LogP contribution in [0.25, 0.3) is 0 Å². The number of aromatic nitrogens is 1. The van der Waals surface area contributed by atoms with Crippen molar-refractivity contribution >= 4 is 22.4 Å². The zero-order valence-corrected chi connectivity index (χ0v) is 12.7. The molecule has 2 rings (SSSR count). The van der Waals surface area contributed by atoms with Crippen molar-refractivity contribution in [1.29, 1.82) is 0 Å². The molecule has 106 valence electrons. The number of hydrogen-bond donors (Lipinski definition) is 1. The predicted molar refractivity (Wildman–Crippen MR) is 78.2 cm³/mol. The van der Waals surface area contributed by atoms with Crippen molar-refractivity contribution in [1.82, 2.24) is 4.98 Å². The summed E-state index contributed by atoms with van der Waals surface area (Å²) in [6.45, 7) is 4.37. The Hall–Kier alpha value is -1.10. The number of rotatable bonds is 5. The molecule has 5 heteroatoms. The molecule has 1 heterocycles. The molecular formula is C14H22N2O2S. The standard InChI is InChI=1S/C14H22N2O2S/c1-4-6-9(2)16(3)14-15-12-10(13(17)18)7-5-8-11(12)19-14/h9-10H,4-8H2,1-3H3,(H,17,18). The van der Waals surface area contributed by atoms with Crippen molar-refractivity contribution in [2.45, 2.75) is 57.9 Å². The van der Waals surface area contributed by atoms with Crippen molar-refractivity contribution in [3.05, 3.63) is 10.6 Å². The minimum absolute atomic E-state index is 0.399. The number of hydrogen-bond acceptors (Lipinski definition) is 4. The Morgan fingerprint density at radius 2 is 2.37 bits per heavy atom. The van der Waals surface area contributed by atoms with Crippen molar-refractivity contribution in [3.8, 4) is 0 Å². The van der Waals surface area contributed by atoms with E-state index in [9.17, 15) is 9.90 Å². The molecule has 4 nitrogen and oxygen atoms in total. The van der Waals surface area contributed by atoms with Gasteiger partial charge >= 0.3 is 5.97 Å². The third kappa shape index (κ3) is 2.91. The van der Waals surface area contributed by atoms with Gasteiger partial charge in [-0.1, -0.05) is 13.3 Å². The first-order valence-electron chi connectivity index (χ1n) is 6.99.